The summed E-state index contributed by atoms with van der Waals surface area (Å²) < 4.78 is 5.48. The average molecular weight is 347 g/mol. The van der Waals surface area contributed by atoms with E-state index in [0.717, 1.165) is 18.3 Å². The Morgan fingerprint density at radius 3 is 2.24 bits per heavy atom. The van der Waals surface area contributed by atoms with Gasteiger partial charge in [0.1, 0.15) is 0 Å². The van der Waals surface area contributed by atoms with Crippen molar-refractivity contribution in [3.63, 3.8) is 0 Å². The van der Waals surface area contributed by atoms with Crippen LogP contribution in [-0.4, -0.2) is 24.5 Å². The van der Waals surface area contributed by atoms with Gasteiger partial charge >= 0.3 is 5.97 Å². The van der Waals surface area contributed by atoms with Crippen molar-refractivity contribution in [1.82, 2.24) is 5.32 Å². The summed E-state index contributed by atoms with van der Waals surface area (Å²) in [7, 11) is 0. The highest BCUT2D eigenvalue weighted by molar-refractivity contribution is 5.81. The van der Waals surface area contributed by atoms with E-state index in [9.17, 15) is 9.59 Å². The van der Waals surface area contributed by atoms with E-state index < -0.39 is 0 Å². The fraction of sp³-hybridized carbons (Fsp3) is 0.905. The van der Waals surface area contributed by atoms with E-state index >= 15 is 0 Å². The molecule has 140 valence electrons. The molecule has 0 saturated heterocycles. The molecule has 5 fully saturated rings. The van der Waals surface area contributed by atoms with E-state index in [1.807, 2.05) is 0 Å². The molecule has 0 unspecified atom stereocenters. The number of nitrogens with one attached hydrogen (secondary N) is 1. The molecule has 0 heterocycles. The van der Waals surface area contributed by atoms with Crippen LogP contribution in [0, 0.1) is 41.4 Å². The SMILES string of the molecule is C[C@H]1[C@@H](NC(=O)COC(=O)C2C3CC4CC(C3)CC2C4)CCC[C@@H]1C. The second-order valence-corrected chi connectivity index (χ2v) is 9.51. The van der Waals surface area contributed by atoms with Gasteiger partial charge in [-0.3, -0.25) is 9.59 Å². The number of amides is 1. The maximum absolute atomic E-state index is 12.6. The van der Waals surface area contributed by atoms with Gasteiger partial charge in [0.25, 0.3) is 5.91 Å². The predicted molar refractivity (Wildman–Crippen MR) is 95.6 cm³/mol. The zero-order valence-electron chi connectivity index (χ0n) is 15.7. The van der Waals surface area contributed by atoms with E-state index in [1.165, 1.54) is 44.9 Å². The summed E-state index contributed by atoms with van der Waals surface area (Å²) in [6.07, 6.45) is 9.66. The third-order valence-electron chi connectivity index (χ3n) is 7.90. The molecule has 4 nitrogen and oxygen atoms in total. The molecule has 3 atom stereocenters. The van der Waals surface area contributed by atoms with E-state index in [2.05, 4.69) is 19.2 Å². The third kappa shape index (κ3) is 3.46. The summed E-state index contributed by atoms with van der Waals surface area (Å²) >= 11 is 0. The third-order valence-corrected chi connectivity index (χ3v) is 7.90. The fourth-order valence-corrected chi connectivity index (χ4v) is 6.58. The molecule has 0 aromatic carbocycles. The average Bonchev–Trinajstić information content (AvgIpc) is 2.56. The fourth-order valence-electron chi connectivity index (χ4n) is 6.58. The van der Waals surface area contributed by atoms with Crippen molar-refractivity contribution >= 4 is 11.9 Å². The number of esters is 1. The second kappa shape index (κ2) is 6.92. The highest BCUT2D eigenvalue weighted by Gasteiger charge is 2.51. The van der Waals surface area contributed by atoms with Crippen LogP contribution in [0.15, 0.2) is 0 Å². The highest BCUT2D eigenvalue weighted by Crippen LogP contribution is 2.56. The van der Waals surface area contributed by atoms with Gasteiger partial charge in [-0.25, -0.2) is 0 Å². The lowest BCUT2D eigenvalue weighted by molar-refractivity contribution is -0.165. The molecule has 1 N–H and O–H groups in total. The van der Waals surface area contributed by atoms with E-state index in [1.54, 1.807) is 0 Å². The number of hydrogen-bond donors (Lipinski definition) is 1. The van der Waals surface area contributed by atoms with Crippen LogP contribution < -0.4 is 5.32 Å². The van der Waals surface area contributed by atoms with Gasteiger partial charge in [0.15, 0.2) is 6.61 Å². The summed E-state index contributed by atoms with van der Waals surface area (Å²) in [5, 5.41) is 3.11. The maximum atomic E-state index is 12.6. The Labute approximate surface area is 151 Å². The molecule has 5 aliphatic rings. The Hall–Kier alpha value is -1.06. The van der Waals surface area contributed by atoms with Crippen molar-refractivity contribution in [1.29, 1.82) is 0 Å². The molecule has 1 amide bonds. The minimum atomic E-state index is -0.122. The molecule has 0 spiro atoms. The Kier molecular flexibility index (Phi) is 4.81. The van der Waals surface area contributed by atoms with Gasteiger partial charge in [-0.1, -0.05) is 26.7 Å². The van der Waals surface area contributed by atoms with Gasteiger partial charge in [0.05, 0.1) is 5.92 Å². The number of carbonyl (C=O) groups is 2. The van der Waals surface area contributed by atoms with Gasteiger partial charge in [0, 0.05) is 6.04 Å². The normalized spacial score (nSPS) is 45.2. The Morgan fingerprint density at radius 2 is 1.60 bits per heavy atom. The first-order valence-corrected chi connectivity index (χ1v) is 10.5. The van der Waals surface area contributed by atoms with Crippen LogP contribution in [-0.2, 0) is 14.3 Å². The molecule has 5 aliphatic carbocycles. The van der Waals surface area contributed by atoms with Crippen LogP contribution in [0.2, 0.25) is 0 Å². The molecule has 4 heteroatoms. The van der Waals surface area contributed by atoms with Crippen LogP contribution in [0.3, 0.4) is 0 Å². The Balaban J connectivity index is 1.27. The van der Waals surface area contributed by atoms with Gasteiger partial charge in [-0.05, 0) is 74.0 Å². The molecule has 0 aromatic rings. The monoisotopic (exact) mass is 347 g/mol. The zero-order valence-corrected chi connectivity index (χ0v) is 15.7. The molecular weight excluding hydrogens is 314 g/mol. The molecule has 25 heavy (non-hydrogen) atoms. The first-order chi connectivity index (χ1) is 12.0. The van der Waals surface area contributed by atoms with E-state index in [4.69, 9.17) is 4.74 Å². The summed E-state index contributed by atoms with van der Waals surface area (Å²) in [5.41, 5.74) is 0. The number of carbonyl (C=O) groups excluding carboxylic acids is 2. The first kappa shape index (κ1) is 17.4. The Morgan fingerprint density at radius 1 is 0.960 bits per heavy atom. The molecule has 0 aliphatic heterocycles. The summed E-state index contributed by atoms with van der Waals surface area (Å²) in [6.45, 7) is 4.38. The number of hydrogen-bond acceptors (Lipinski definition) is 3. The molecule has 5 rings (SSSR count). The largest absolute Gasteiger partial charge is 0.455 e. The standard InChI is InChI=1S/C21H33NO3/c1-12-4-3-5-18(13(12)2)22-19(23)11-25-21(24)20-16-7-14-6-15(9-16)10-17(20)8-14/h12-18,20H,3-11H2,1-2H3,(H,22,23)/t12-,13+,14?,15?,16?,17?,18-,20?/m0/s1. The summed E-state index contributed by atoms with van der Waals surface area (Å²) in [6, 6.07) is 0.233. The smallest absolute Gasteiger partial charge is 0.310 e. The van der Waals surface area contributed by atoms with Gasteiger partial charge in [-0.2, -0.15) is 0 Å². The molecule has 0 radical (unpaired) electrons. The lowest BCUT2D eigenvalue weighted by Crippen LogP contribution is -2.49. The predicted octanol–water partition coefficient (Wildman–Crippen LogP) is 3.54. The topological polar surface area (TPSA) is 55.4 Å². The molecular formula is C21H33NO3. The van der Waals surface area contributed by atoms with Crippen molar-refractivity contribution < 1.29 is 14.3 Å². The minimum absolute atomic E-state index is 0.0641. The molecule has 5 saturated carbocycles. The minimum Gasteiger partial charge on any atom is -0.455 e. The first-order valence-electron chi connectivity index (χ1n) is 10.5. The van der Waals surface area contributed by atoms with Crippen molar-refractivity contribution in [3.05, 3.63) is 0 Å². The zero-order chi connectivity index (χ0) is 17.6. The van der Waals surface area contributed by atoms with Crippen molar-refractivity contribution in [2.45, 2.75) is 71.3 Å². The van der Waals surface area contributed by atoms with Crippen LogP contribution in [0.4, 0.5) is 0 Å². The summed E-state index contributed by atoms with van der Waals surface area (Å²) in [5.74, 6) is 3.73. The van der Waals surface area contributed by atoms with Gasteiger partial charge in [-0.15, -0.1) is 0 Å². The Bertz CT molecular complexity index is 503. The van der Waals surface area contributed by atoms with Crippen LogP contribution in [0.25, 0.3) is 0 Å². The number of rotatable bonds is 4. The summed E-state index contributed by atoms with van der Waals surface area (Å²) in [4.78, 5) is 24.9. The molecule has 0 aromatic heterocycles. The number of ether oxygens (including phenoxy) is 1. The van der Waals surface area contributed by atoms with E-state index in [-0.39, 0.29) is 30.4 Å². The highest BCUT2D eigenvalue weighted by atomic mass is 16.5. The van der Waals surface area contributed by atoms with Crippen molar-refractivity contribution in [3.8, 4) is 0 Å². The second-order valence-electron chi connectivity index (χ2n) is 9.51. The van der Waals surface area contributed by atoms with Gasteiger partial charge < -0.3 is 10.1 Å². The van der Waals surface area contributed by atoms with Crippen molar-refractivity contribution in [2.75, 3.05) is 6.61 Å². The van der Waals surface area contributed by atoms with Gasteiger partial charge in [0.2, 0.25) is 0 Å². The van der Waals surface area contributed by atoms with Crippen LogP contribution >= 0.6 is 0 Å². The lowest BCUT2D eigenvalue weighted by Gasteiger charge is -2.53. The molecule has 4 bridgehead atoms. The van der Waals surface area contributed by atoms with Crippen LogP contribution in [0.1, 0.15) is 65.2 Å². The van der Waals surface area contributed by atoms with Crippen molar-refractivity contribution in [2.24, 2.45) is 41.4 Å². The quantitative estimate of drug-likeness (QED) is 0.791. The lowest BCUT2D eigenvalue weighted by atomic mass is 9.52. The van der Waals surface area contributed by atoms with Crippen LogP contribution in [0.5, 0.6) is 0 Å². The van der Waals surface area contributed by atoms with E-state index in [0.29, 0.717) is 23.7 Å². The maximum Gasteiger partial charge on any atom is 0.310 e.